The van der Waals surface area contributed by atoms with Crippen molar-refractivity contribution in [1.82, 2.24) is 9.69 Å². The number of nitrogens with one attached hydrogen (secondary N) is 1. The molecule has 7 heteroatoms. The fourth-order valence-corrected chi connectivity index (χ4v) is 2.84. The van der Waals surface area contributed by atoms with Crippen molar-refractivity contribution < 1.29 is 14.3 Å². The number of nitrogens with zero attached hydrogens (tertiary/aromatic N) is 1. The summed E-state index contributed by atoms with van der Waals surface area (Å²) >= 11 is 1.19. The van der Waals surface area contributed by atoms with E-state index in [9.17, 15) is 4.79 Å². The second-order valence-electron chi connectivity index (χ2n) is 5.37. The van der Waals surface area contributed by atoms with E-state index < -0.39 is 0 Å². The van der Waals surface area contributed by atoms with Crippen molar-refractivity contribution in [1.29, 1.82) is 0 Å². The van der Waals surface area contributed by atoms with Gasteiger partial charge >= 0.3 is 0 Å². The number of amides is 1. The molecule has 6 nitrogen and oxygen atoms in total. The van der Waals surface area contributed by atoms with Gasteiger partial charge in [0.15, 0.2) is 0 Å². The van der Waals surface area contributed by atoms with Crippen molar-refractivity contribution in [2.45, 2.75) is 31.4 Å². The Morgan fingerprint density at radius 2 is 2.40 bits per heavy atom. The molecule has 0 spiro atoms. The molecule has 2 aliphatic rings. The van der Waals surface area contributed by atoms with Crippen molar-refractivity contribution in [3.05, 3.63) is 10.9 Å². The van der Waals surface area contributed by atoms with Gasteiger partial charge in [0.1, 0.15) is 11.9 Å². The molecule has 0 bridgehead atoms. The van der Waals surface area contributed by atoms with Crippen molar-refractivity contribution in [2.24, 2.45) is 5.92 Å². The van der Waals surface area contributed by atoms with Crippen LogP contribution in [0.4, 0.5) is 5.82 Å². The molecular formula is C13H19N3O3S. The maximum atomic E-state index is 12.2. The lowest BCUT2D eigenvalue weighted by Gasteiger charge is -2.32. The molecule has 1 saturated carbocycles. The fraction of sp³-hybridized carbons (Fsp3) is 0.692. The maximum Gasteiger partial charge on any atom is 0.256 e. The van der Waals surface area contributed by atoms with Gasteiger partial charge in [0, 0.05) is 18.6 Å². The van der Waals surface area contributed by atoms with E-state index in [0.29, 0.717) is 24.7 Å². The molecule has 20 heavy (non-hydrogen) atoms. The zero-order chi connectivity index (χ0) is 13.9. The van der Waals surface area contributed by atoms with E-state index in [0.717, 1.165) is 13.0 Å². The Morgan fingerprint density at radius 3 is 3.10 bits per heavy atom. The predicted molar refractivity (Wildman–Crippen MR) is 75.7 cm³/mol. The first-order valence-electron chi connectivity index (χ1n) is 6.94. The van der Waals surface area contributed by atoms with Crippen LogP contribution in [0.2, 0.25) is 0 Å². The zero-order valence-corrected chi connectivity index (χ0v) is 12.0. The Labute approximate surface area is 121 Å². The number of nitrogen functional groups attached to an aromatic ring is 1. The maximum absolute atomic E-state index is 12.2. The van der Waals surface area contributed by atoms with E-state index >= 15 is 0 Å². The van der Waals surface area contributed by atoms with Crippen LogP contribution in [0.1, 0.15) is 29.6 Å². The summed E-state index contributed by atoms with van der Waals surface area (Å²) in [5.74, 6) is 0.808. The molecule has 1 aliphatic carbocycles. The number of carbonyl (C=O) groups excluding carboxylic acids is 1. The van der Waals surface area contributed by atoms with Gasteiger partial charge in [-0.05, 0) is 36.7 Å². The summed E-state index contributed by atoms with van der Waals surface area (Å²) in [5, 5.41) is 4.67. The lowest BCUT2D eigenvalue weighted by Crippen LogP contribution is -2.50. The van der Waals surface area contributed by atoms with Gasteiger partial charge in [-0.2, -0.15) is 4.37 Å². The summed E-state index contributed by atoms with van der Waals surface area (Å²) < 4.78 is 15.3. The number of rotatable bonds is 5. The number of carbonyl (C=O) groups is 1. The van der Waals surface area contributed by atoms with Gasteiger partial charge in [0.2, 0.25) is 0 Å². The van der Waals surface area contributed by atoms with Crippen LogP contribution in [0.5, 0.6) is 0 Å². The van der Waals surface area contributed by atoms with Crippen LogP contribution in [-0.2, 0) is 9.47 Å². The van der Waals surface area contributed by atoms with Crippen LogP contribution in [0.25, 0.3) is 0 Å². The van der Waals surface area contributed by atoms with Crippen molar-refractivity contribution in [2.75, 3.05) is 25.6 Å². The largest absolute Gasteiger partial charge is 0.382 e. The van der Waals surface area contributed by atoms with Crippen LogP contribution >= 0.6 is 11.5 Å². The normalized spacial score (nSPS) is 26.4. The third-order valence-corrected chi connectivity index (χ3v) is 4.35. The number of ether oxygens (including phenoxy) is 2. The molecule has 1 saturated heterocycles. The molecule has 2 atom stereocenters. The van der Waals surface area contributed by atoms with Crippen LogP contribution in [0, 0.1) is 5.92 Å². The molecule has 3 rings (SSSR count). The first-order valence-corrected chi connectivity index (χ1v) is 7.77. The third-order valence-electron chi connectivity index (χ3n) is 3.71. The van der Waals surface area contributed by atoms with Gasteiger partial charge in [-0.3, -0.25) is 4.79 Å². The number of hydrogen-bond acceptors (Lipinski definition) is 6. The number of anilines is 1. The molecule has 2 heterocycles. The minimum Gasteiger partial charge on any atom is -0.382 e. The summed E-state index contributed by atoms with van der Waals surface area (Å²) in [6, 6.07) is -0.0192. The monoisotopic (exact) mass is 297 g/mol. The summed E-state index contributed by atoms with van der Waals surface area (Å²) in [7, 11) is 0. The van der Waals surface area contributed by atoms with E-state index in [4.69, 9.17) is 15.2 Å². The van der Waals surface area contributed by atoms with Gasteiger partial charge in [-0.25, -0.2) is 0 Å². The average Bonchev–Trinajstić information content (AvgIpc) is 3.18. The second kappa shape index (κ2) is 6.07. The summed E-state index contributed by atoms with van der Waals surface area (Å²) in [5.41, 5.74) is 6.12. The van der Waals surface area contributed by atoms with Gasteiger partial charge < -0.3 is 20.5 Å². The number of hydrogen-bond donors (Lipinski definition) is 2. The van der Waals surface area contributed by atoms with Crippen LogP contribution in [-0.4, -0.2) is 42.2 Å². The summed E-state index contributed by atoms with van der Waals surface area (Å²) in [4.78, 5) is 12.2. The number of nitrogens with two attached hydrogens (primary N) is 1. The molecule has 3 N–H and O–H groups in total. The first kappa shape index (κ1) is 13.8. The fourth-order valence-electron chi connectivity index (χ4n) is 2.25. The number of aromatic nitrogens is 1. The molecule has 2 fully saturated rings. The van der Waals surface area contributed by atoms with E-state index in [1.807, 2.05) is 0 Å². The molecule has 1 aromatic heterocycles. The second-order valence-corrected chi connectivity index (χ2v) is 6.00. The van der Waals surface area contributed by atoms with E-state index in [2.05, 4.69) is 9.69 Å². The summed E-state index contributed by atoms with van der Waals surface area (Å²) in [6.07, 6.45) is 3.20. The molecule has 1 aromatic rings. The van der Waals surface area contributed by atoms with Crippen molar-refractivity contribution >= 4 is 23.3 Å². The van der Waals surface area contributed by atoms with Crippen LogP contribution in [0.15, 0.2) is 5.38 Å². The first-order chi connectivity index (χ1) is 9.74. The zero-order valence-electron chi connectivity index (χ0n) is 11.2. The highest BCUT2D eigenvalue weighted by Crippen LogP contribution is 2.30. The Bertz CT molecular complexity index is 475. The molecular weight excluding hydrogens is 278 g/mol. The Morgan fingerprint density at radius 1 is 1.55 bits per heavy atom. The average molecular weight is 297 g/mol. The highest BCUT2D eigenvalue weighted by Gasteiger charge is 2.31. The Balaban J connectivity index is 1.58. The third kappa shape index (κ3) is 3.28. The van der Waals surface area contributed by atoms with Crippen LogP contribution < -0.4 is 11.1 Å². The quantitative estimate of drug-likeness (QED) is 0.848. The molecule has 1 aliphatic heterocycles. The predicted octanol–water partition coefficient (Wildman–Crippen LogP) is 1.04. The van der Waals surface area contributed by atoms with Gasteiger partial charge in [0.25, 0.3) is 5.91 Å². The van der Waals surface area contributed by atoms with Crippen molar-refractivity contribution in [3.8, 4) is 0 Å². The SMILES string of the molecule is Nc1nscc1C(=O)N[C@@H]1CCOC[C@H]1OCC1CC1. The van der Waals surface area contributed by atoms with Crippen molar-refractivity contribution in [3.63, 3.8) is 0 Å². The molecule has 0 radical (unpaired) electrons. The molecule has 0 unspecified atom stereocenters. The van der Waals surface area contributed by atoms with Crippen LogP contribution in [0.3, 0.4) is 0 Å². The lowest BCUT2D eigenvalue weighted by molar-refractivity contribution is -0.0697. The topological polar surface area (TPSA) is 86.5 Å². The molecule has 1 amide bonds. The minimum absolute atomic E-state index is 0.0192. The van der Waals surface area contributed by atoms with Gasteiger partial charge in [-0.15, -0.1) is 0 Å². The lowest BCUT2D eigenvalue weighted by atomic mass is 10.1. The van der Waals surface area contributed by atoms with E-state index in [1.54, 1.807) is 5.38 Å². The standard InChI is InChI=1S/C13H19N3O3S/c14-12-9(7-20-16-12)13(17)15-10-3-4-18-6-11(10)19-5-8-1-2-8/h7-8,10-11H,1-6H2,(H2,14,16)(H,15,17)/t10-,11-/m1/s1. The Kier molecular flexibility index (Phi) is 4.18. The van der Waals surface area contributed by atoms with Gasteiger partial charge in [0.05, 0.1) is 18.2 Å². The van der Waals surface area contributed by atoms with E-state index in [-0.39, 0.29) is 23.9 Å². The molecule has 110 valence electrons. The summed E-state index contributed by atoms with van der Waals surface area (Å²) in [6.45, 7) is 1.95. The highest BCUT2D eigenvalue weighted by atomic mass is 32.1. The Hall–Kier alpha value is -1.18. The van der Waals surface area contributed by atoms with E-state index in [1.165, 1.54) is 24.4 Å². The molecule has 0 aromatic carbocycles. The smallest absolute Gasteiger partial charge is 0.256 e. The highest BCUT2D eigenvalue weighted by molar-refractivity contribution is 7.04. The van der Waals surface area contributed by atoms with Gasteiger partial charge in [-0.1, -0.05) is 0 Å². The minimum atomic E-state index is -0.178.